The van der Waals surface area contributed by atoms with Crippen molar-refractivity contribution < 1.29 is 4.79 Å². The zero-order valence-corrected chi connectivity index (χ0v) is 6.89. The van der Waals surface area contributed by atoms with E-state index in [2.05, 4.69) is 6.92 Å². The van der Waals surface area contributed by atoms with Gasteiger partial charge in [-0.15, -0.1) is 0 Å². The Labute approximate surface area is 62.8 Å². The molecule has 0 aromatic heterocycles. The van der Waals surface area contributed by atoms with Gasteiger partial charge < -0.3 is 0 Å². The van der Waals surface area contributed by atoms with Gasteiger partial charge in [0.25, 0.3) is 0 Å². The monoisotopic (exact) mass is 140 g/mol. The van der Waals surface area contributed by atoms with Gasteiger partial charge in [-0.2, -0.15) is 0 Å². The van der Waals surface area contributed by atoms with Crippen LogP contribution in [0.25, 0.3) is 0 Å². The maximum atomic E-state index is 10.9. The zero-order chi connectivity index (χ0) is 7.56. The molecule has 0 amide bonds. The Morgan fingerprint density at radius 2 is 1.70 bits per heavy atom. The van der Waals surface area contributed by atoms with Crippen molar-refractivity contribution in [3.05, 3.63) is 0 Å². The van der Waals surface area contributed by atoms with E-state index in [1.807, 2.05) is 0 Å². The summed E-state index contributed by atoms with van der Waals surface area (Å²) in [5.41, 5.74) is 0. The van der Waals surface area contributed by atoms with Crippen LogP contribution in [0.3, 0.4) is 0 Å². The molecule has 0 radical (unpaired) electrons. The molecule has 0 aromatic carbocycles. The predicted molar refractivity (Wildman–Crippen MR) is 41.8 cm³/mol. The second-order valence-electron chi connectivity index (χ2n) is 3.57. The van der Waals surface area contributed by atoms with Crippen molar-refractivity contribution in [3.63, 3.8) is 0 Å². The van der Waals surface area contributed by atoms with Crippen LogP contribution in [0.15, 0.2) is 0 Å². The molecule has 10 heavy (non-hydrogen) atoms. The van der Waals surface area contributed by atoms with Crippen LogP contribution in [0.2, 0.25) is 0 Å². The molecule has 0 heterocycles. The van der Waals surface area contributed by atoms with Gasteiger partial charge in [0, 0.05) is 5.92 Å². The van der Waals surface area contributed by atoms with E-state index < -0.39 is 0 Å². The molecule has 1 heteroatoms. The van der Waals surface area contributed by atoms with Crippen LogP contribution in [0.1, 0.15) is 39.5 Å². The normalized spacial score (nSPS) is 33.8. The van der Waals surface area contributed by atoms with Crippen molar-refractivity contribution in [2.24, 2.45) is 11.8 Å². The van der Waals surface area contributed by atoms with Crippen LogP contribution in [0, 0.1) is 11.8 Å². The third-order valence-electron chi connectivity index (χ3n) is 2.59. The first-order valence-corrected chi connectivity index (χ1v) is 4.20. The molecule has 1 fully saturated rings. The van der Waals surface area contributed by atoms with E-state index in [0.717, 1.165) is 18.8 Å². The van der Waals surface area contributed by atoms with Crippen molar-refractivity contribution in [2.75, 3.05) is 0 Å². The molecule has 0 atom stereocenters. The van der Waals surface area contributed by atoms with Crippen LogP contribution in [0.4, 0.5) is 0 Å². The van der Waals surface area contributed by atoms with Gasteiger partial charge in [0.1, 0.15) is 5.78 Å². The third-order valence-corrected chi connectivity index (χ3v) is 2.59. The lowest BCUT2D eigenvalue weighted by molar-refractivity contribution is -0.121. The fraction of sp³-hybridized carbons (Fsp3) is 0.889. The first kappa shape index (κ1) is 7.77. The summed E-state index contributed by atoms with van der Waals surface area (Å²) in [5.74, 6) is 1.65. The second-order valence-corrected chi connectivity index (χ2v) is 3.57. The van der Waals surface area contributed by atoms with Crippen molar-refractivity contribution in [1.29, 1.82) is 0 Å². The van der Waals surface area contributed by atoms with E-state index in [1.54, 1.807) is 6.92 Å². The quantitative estimate of drug-likeness (QED) is 0.546. The van der Waals surface area contributed by atoms with E-state index in [0.29, 0.717) is 11.7 Å². The topological polar surface area (TPSA) is 17.1 Å². The Balaban J connectivity index is 2.33. The van der Waals surface area contributed by atoms with Gasteiger partial charge in [-0.25, -0.2) is 0 Å². The smallest absolute Gasteiger partial charge is 0.132 e. The average molecular weight is 140 g/mol. The standard InChI is InChI=1S/C9H16O/c1-7-3-5-9(6-4-7)8(2)10/h7,9H,3-6H2,1-2H3. The molecule has 58 valence electrons. The molecule has 0 spiro atoms. The zero-order valence-electron chi connectivity index (χ0n) is 6.89. The Hall–Kier alpha value is -0.330. The number of hydrogen-bond acceptors (Lipinski definition) is 1. The van der Waals surface area contributed by atoms with E-state index in [1.165, 1.54) is 12.8 Å². The Bertz CT molecular complexity index is 121. The molecule has 0 bridgehead atoms. The van der Waals surface area contributed by atoms with Crippen LogP contribution >= 0.6 is 0 Å². The van der Waals surface area contributed by atoms with Gasteiger partial charge in [0.05, 0.1) is 0 Å². The Kier molecular flexibility index (Phi) is 2.47. The van der Waals surface area contributed by atoms with Gasteiger partial charge in [0.2, 0.25) is 0 Å². The molecular weight excluding hydrogens is 124 g/mol. The average Bonchev–Trinajstić information content (AvgIpc) is 1.88. The fourth-order valence-electron chi connectivity index (χ4n) is 1.67. The van der Waals surface area contributed by atoms with Crippen molar-refractivity contribution in [1.82, 2.24) is 0 Å². The maximum Gasteiger partial charge on any atom is 0.132 e. The molecule has 1 saturated carbocycles. The minimum absolute atomic E-state index is 0.395. The third kappa shape index (κ3) is 1.83. The van der Waals surface area contributed by atoms with E-state index in [-0.39, 0.29) is 0 Å². The molecule has 1 rings (SSSR count). The highest BCUT2D eigenvalue weighted by molar-refractivity contribution is 5.78. The molecule has 0 aliphatic heterocycles. The minimum atomic E-state index is 0.395. The highest BCUT2D eigenvalue weighted by Gasteiger charge is 2.20. The van der Waals surface area contributed by atoms with Gasteiger partial charge in [0.15, 0.2) is 0 Å². The lowest BCUT2D eigenvalue weighted by atomic mass is 9.81. The number of ketones is 1. The Morgan fingerprint density at radius 3 is 2.10 bits per heavy atom. The number of carbonyl (C=O) groups is 1. The molecule has 1 aliphatic carbocycles. The summed E-state index contributed by atoms with van der Waals surface area (Å²) < 4.78 is 0. The molecule has 0 saturated heterocycles. The second kappa shape index (κ2) is 3.18. The van der Waals surface area contributed by atoms with Crippen molar-refractivity contribution in [3.8, 4) is 0 Å². The first-order chi connectivity index (χ1) is 4.70. The summed E-state index contributed by atoms with van der Waals surface area (Å²) in [6.45, 7) is 4.00. The van der Waals surface area contributed by atoms with E-state index in [9.17, 15) is 4.79 Å². The van der Waals surface area contributed by atoms with E-state index in [4.69, 9.17) is 0 Å². The lowest BCUT2D eigenvalue weighted by Crippen LogP contribution is -2.18. The largest absolute Gasteiger partial charge is 0.300 e. The van der Waals surface area contributed by atoms with Crippen molar-refractivity contribution in [2.45, 2.75) is 39.5 Å². The Morgan fingerprint density at radius 1 is 1.20 bits per heavy atom. The minimum Gasteiger partial charge on any atom is -0.300 e. The van der Waals surface area contributed by atoms with Crippen molar-refractivity contribution >= 4 is 5.78 Å². The van der Waals surface area contributed by atoms with Crippen LogP contribution < -0.4 is 0 Å². The molecule has 0 aromatic rings. The SMILES string of the molecule is CC(=O)C1CCC(C)CC1. The summed E-state index contributed by atoms with van der Waals surface area (Å²) >= 11 is 0. The number of hydrogen-bond donors (Lipinski definition) is 0. The van der Waals surface area contributed by atoms with Gasteiger partial charge >= 0.3 is 0 Å². The first-order valence-electron chi connectivity index (χ1n) is 4.20. The molecular formula is C9H16O. The summed E-state index contributed by atoms with van der Waals surface area (Å²) in [4.78, 5) is 10.9. The van der Waals surface area contributed by atoms with Crippen LogP contribution in [0.5, 0.6) is 0 Å². The highest BCUT2D eigenvalue weighted by Crippen LogP contribution is 2.28. The molecule has 0 unspecified atom stereocenters. The highest BCUT2D eigenvalue weighted by atomic mass is 16.1. The van der Waals surface area contributed by atoms with E-state index >= 15 is 0 Å². The number of rotatable bonds is 1. The van der Waals surface area contributed by atoms with Crippen LogP contribution in [-0.4, -0.2) is 5.78 Å². The number of Topliss-reactive ketones (excluding diaryl/α,β-unsaturated/α-hetero) is 1. The maximum absolute atomic E-state index is 10.9. The summed E-state index contributed by atoms with van der Waals surface area (Å²) in [6, 6.07) is 0. The predicted octanol–water partition coefficient (Wildman–Crippen LogP) is 2.40. The fourth-order valence-corrected chi connectivity index (χ4v) is 1.67. The van der Waals surface area contributed by atoms with Gasteiger partial charge in [-0.1, -0.05) is 19.8 Å². The van der Waals surface area contributed by atoms with Gasteiger partial charge in [-0.05, 0) is 25.7 Å². The lowest BCUT2D eigenvalue weighted by Gasteiger charge is -2.23. The number of carbonyl (C=O) groups excluding carboxylic acids is 1. The summed E-state index contributed by atoms with van der Waals surface area (Å²) in [7, 11) is 0. The summed E-state index contributed by atoms with van der Waals surface area (Å²) in [6.07, 6.45) is 4.78. The van der Waals surface area contributed by atoms with Crippen LogP contribution in [-0.2, 0) is 4.79 Å². The molecule has 1 nitrogen and oxygen atoms in total. The molecule has 0 N–H and O–H groups in total. The molecule has 1 aliphatic rings. The summed E-state index contributed by atoms with van der Waals surface area (Å²) in [5, 5.41) is 0. The van der Waals surface area contributed by atoms with Gasteiger partial charge in [-0.3, -0.25) is 4.79 Å².